The predicted octanol–water partition coefficient (Wildman–Crippen LogP) is 7.51. The summed E-state index contributed by atoms with van der Waals surface area (Å²) < 4.78 is 16.7. The Morgan fingerprint density at radius 3 is 2.52 bits per heavy atom. The predicted molar refractivity (Wildman–Crippen MR) is 163 cm³/mol. The largest absolute Gasteiger partial charge is 0.497 e. The van der Waals surface area contributed by atoms with E-state index in [0.29, 0.717) is 15.8 Å². The molecule has 208 valence electrons. The van der Waals surface area contributed by atoms with E-state index in [1.807, 2.05) is 42.5 Å². The third-order valence-electron chi connectivity index (χ3n) is 7.14. The normalized spacial score (nSPS) is 18.4. The van der Waals surface area contributed by atoms with Gasteiger partial charge >= 0.3 is 0 Å². The molecule has 3 aromatic rings. The Kier molecular flexibility index (Phi) is 7.81. The number of allylic oxidation sites excluding steroid dienone is 1. The summed E-state index contributed by atoms with van der Waals surface area (Å²) in [6.45, 7) is 10.0. The molecule has 5 rings (SSSR count). The van der Waals surface area contributed by atoms with E-state index >= 15 is 0 Å². The zero-order valence-corrected chi connectivity index (χ0v) is 24.7. The number of carbonyl (C=O) groups is 1. The molecular weight excluding hydrogens is 522 g/mol. The van der Waals surface area contributed by atoms with E-state index in [-0.39, 0.29) is 18.0 Å². The molecule has 0 atom stereocenters. The number of amides is 1. The van der Waals surface area contributed by atoms with Crippen LogP contribution in [0.25, 0.3) is 11.6 Å². The van der Waals surface area contributed by atoms with Crippen LogP contribution < -0.4 is 14.4 Å². The van der Waals surface area contributed by atoms with Gasteiger partial charge in [0.15, 0.2) is 5.17 Å². The number of amidine groups is 1. The van der Waals surface area contributed by atoms with Crippen LogP contribution in [0.3, 0.4) is 0 Å². The van der Waals surface area contributed by atoms with Crippen molar-refractivity contribution in [2.45, 2.75) is 46.2 Å². The number of benzene rings is 2. The Morgan fingerprint density at radius 2 is 1.88 bits per heavy atom. The van der Waals surface area contributed by atoms with Crippen molar-refractivity contribution >= 4 is 45.9 Å². The number of anilines is 1. The van der Waals surface area contributed by atoms with Crippen LogP contribution in [0.4, 0.5) is 11.4 Å². The maximum atomic E-state index is 13.7. The van der Waals surface area contributed by atoms with Crippen LogP contribution in [0.1, 0.15) is 51.0 Å². The van der Waals surface area contributed by atoms with Crippen LogP contribution in [0, 0.1) is 0 Å². The van der Waals surface area contributed by atoms with Gasteiger partial charge in [-0.1, -0.05) is 13.0 Å². The molecule has 7 nitrogen and oxygen atoms in total. The third kappa shape index (κ3) is 5.41. The van der Waals surface area contributed by atoms with E-state index < -0.39 is 0 Å². The minimum Gasteiger partial charge on any atom is -0.497 e. The molecule has 0 spiro atoms. The lowest BCUT2D eigenvalue weighted by molar-refractivity contribution is -0.122. The number of methoxy groups -OCH3 is 2. The van der Waals surface area contributed by atoms with Gasteiger partial charge in [-0.2, -0.15) is 0 Å². The van der Waals surface area contributed by atoms with Crippen molar-refractivity contribution in [1.29, 1.82) is 0 Å². The second-order valence-electron chi connectivity index (χ2n) is 10.4. The van der Waals surface area contributed by atoms with Crippen molar-refractivity contribution in [2.75, 3.05) is 25.7 Å². The maximum absolute atomic E-state index is 13.7. The van der Waals surface area contributed by atoms with Gasteiger partial charge in [-0.05, 0) is 93.1 Å². The summed E-state index contributed by atoms with van der Waals surface area (Å²) in [6, 6.07) is 15.4. The molecule has 1 amide bonds. The van der Waals surface area contributed by atoms with Gasteiger partial charge in [0.05, 0.1) is 43.2 Å². The fourth-order valence-corrected chi connectivity index (χ4v) is 6.23. The summed E-state index contributed by atoms with van der Waals surface area (Å²) >= 11 is 1.35. The molecule has 2 aliphatic heterocycles. The Hall–Kier alpha value is -3.91. The smallest absolute Gasteiger partial charge is 0.267 e. The summed E-state index contributed by atoms with van der Waals surface area (Å²) in [7, 11) is 3.30. The summed E-state index contributed by atoms with van der Waals surface area (Å²) in [6.07, 6.45) is 6.87. The molecule has 1 aromatic heterocycles. The molecule has 1 fully saturated rings. The zero-order chi connectivity index (χ0) is 28.4. The highest BCUT2D eigenvalue weighted by molar-refractivity contribution is 8.18. The van der Waals surface area contributed by atoms with E-state index in [1.54, 1.807) is 25.4 Å². The molecule has 40 heavy (non-hydrogen) atoms. The quantitative estimate of drug-likeness (QED) is 0.267. The number of furan rings is 1. The molecule has 2 aliphatic rings. The first-order valence-corrected chi connectivity index (χ1v) is 14.2. The standard InChI is InChI=1S/C32H35N3O4S/c1-7-14-35-27-18-28(38-6)22(16-26(27)21(2)19-32(35,3)4)17-29-30(36)34(20-25-9-8-15-39-25)31(40-29)33-23-10-12-24(37-5)13-11-23/h8-13,15-19H,7,14,20H2,1-6H3/b29-17+,33-31?. The van der Waals surface area contributed by atoms with Gasteiger partial charge in [0, 0.05) is 29.4 Å². The molecule has 1 saturated heterocycles. The minimum atomic E-state index is -0.130. The number of carbonyl (C=O) groups excluding carboxylic acids is 1. The van der Waals surface area contributed by atoms with Gasteiger partial charge in [-0.15, -0.1) is 0 Å². The van der Waals surface area contributed by atoms with Crippen molar-refractivity contribution in [2.24, 2.45) is 4.99 Å². The lowest BCUT2D eigenvalue weighted by Crippen LogP contribution is -2.45. The fourth-order valence-electron chi connectivity index (χ4n) is 5.24. The summed E-state index contributed by atoms with van der Waals surface area (Å²) in [5, 5.41) is 0.585. The number of thioether (sulfide) groups is 1. The van der Waals surface area contributed by atoms with Gasteiger partial charge in [0.2, 0.25) is 0 Å². The first-order valence-electron chi connectivity index (χ1n) is 13.4. The molecular formula is C32H35N3O4S. The number of ether oxygens (including phenoxy) is 2. The van der Waals surface area contributed by atoms with Crippen molar-refractivity contribution < 1.29 is 18.7 Å². The maximum Gasteiger partial charge on any atom is 0.267 e. The highest BCUT2D eigenvalue weighted by atomic mass is 32.2. The van der Waals surface area contributed by atoms with Crippen molar-refractivity contribution in [3.8, 4) is 11.5 Å². The number of rotatable bonds is 8. The number of hydrogen-bond donors (Lipinski definition) is 0. The average Bonchev–Trinajstić information content (AvgIpc) is 3.55. The Bertz CT molecular complexity index is 1490. The van der Waals surface area contributed by atoms with E-state index in [0.717, 1.165) is 47.0 Å². The molecule has 0 saturated carbocycles. The van der Waals surface area contributed by atoms with Crippen molar-refractivity contribution in [3.63, 3.8) is 0 Å². The molecule has 0 aliphatic carbocycles. The van der Waals surface area contributed by atoms with E-state index in [2.05, 4.69) is 50.8 Å². The van der Waals surface area contributed by atoms with Gasteiger partial charge in [0.25, 0.3) is 5.91 Å². The van der Waals surface area contributed by atoms with Crippen LogP contribution in [0.2, 0.25) is 0 Å². The van der Waals surface area contributed by atoms with Crippen LogP contribution in [-0.4, -0.2) is 42.3 Å². The Labute approximate surface area is 240 Å². The first-order chi connectivity index (χ1) is 19.2. The van der Waals surface area contributed by atoms with Gasteiger partial charge < -0.3 is 18.8 Å². The molecule has 8 heteroatoms. The topological polar surface area (TPSA) is 67.5 Å². The first kappa shape index (κ1) is 27.6. The van der Waals surface area contributed by atoms with Crippen molar-refractivity contribution in [3.05, 3.63) is 82.7 Å². The van der Waals surface area contributed by atoms with Gasteiger partial charge in [-0.3, -0.25) is 9.69 Å². The van der Waals surface area contributed by atoms with E-state index in [9.17, 15) is 4.79 Å². The molecule has 0 unspecified atom stereocenters. The fraction of sp³-hybridized carbons (Fsp3) is 0.312. The molecule has 0 radical (unpaired) electrons. The monoisotopic (exact) mass is 557 g/mol. The number of fused-ring (bicyclic) bond motifs is 1. The summed E-state index contributed by atoms with van der Waals surface area (Å²) in [5.74, 6) is 2.03. The number of nitrogens with zero attached hydrogens (tertiary/aromatic N) is 3. The second kappa shape index (κ2) is 11.3. The highest BCUT2D eigenvalue weighted by Crippen LogP contribution is 2.44. The van der Waals surface area contributed by atoms with Crippen LogP contribution in [0.15, 0.2) is 75.2 Å². The molecule has 3 heterocycles. The SMILES string of the molecule is CCCN1c2cc(OC)c(/C=C3/SC(=Nc4ccc(OC)cc4)N(Cc4ccco4)C3=O)cc2C(C)=CC1(C)C. The molecule has 0 bridgehead atoms. The Balaban J connectivity index is 1.55. The summed E-state index contributed by atoms with van der Waals surface area (Å²) in [5.41, 5.74) is 4.99. The summed E-state index contributed by atoms with van der Waals surface area (Å²) in [4.78, 5) is 23.2. The lowest BCUT2D eigenvalue weighted by atomic mass is 9.87. The minimum absolute atomic E-state index is 0.103. The third-order valence-corrected chi connectivity index (χ3v) is 8.15. The molecule has 2 aromatic carbocycles. The second-order valence-corrected chi connectivity index (χ2v) is 11.4. The molecule has 0 N–H and O–H groups in total. The van der Waals surface area contributed by atoms with Crippen LogP contribution >= 0.6 is 11.8 Å². The van der Waals surface area contributed by atoms with Crippen LogP contribution in [-0.2, 0) is 11.3 Å². The van der Waals surface area contributed by atoms with Crippen LogP contribution in [0.5, 0.6) is 11.5 Å². The zero-order valence-electron chi connectivity index (χ0n) is 23.9. The number of hydrogen-bond acceptors (Lipinski definition) is 7. The Morgan fingerprint density at radius 1 is 1.10 bits per heavy atom. The average molecular weight is 558 g/mol. The van der Waals surface area contributed by atoms with Gasteiger partial charge in [0.1, 0.15) is 17.3 Å². The van der Waals surface area contributed by atoms with E-state index in [1.165, 1.54) is 17.3 Å². The lowest BCUT2D eigenvalue weighted by Gasteiger charge is -2.43. The highest BCUT2D eigenvalue weighted by Gasteiger charge is 2.35. The van der Waals surface area contributed by atoms with E-state index in [4.69, 9.17) is 18.9 Å². The number of aliphatic imine (C=N–C) groups is 1. The van der Waals surface area contributed by atoms with Crippen molar-refractivity contribution in [1.82, 2.24) is 4.90 Å². The van der Waals surface area contributed by atoms with Gasteiger partial charge in [-0.25, -0.2) is 4.99 Å².